The Hall–Kier alpha value is -2.44. The minimum absolute atomic E-state index is 0.0491. The first-order chi connectivity index (χ1) is 9.99. The molecule has 2 aromatic rings. The number of aromatic nitrogens is 2. The van der Waals surface area contributed by atoms with Gasteiger partial charge in [0, 0.05) is 26.4 Å². The maximum absolute atomic E-state index is 13.6. The van der Waals surface area contributed by atoms with Crippen LogP contribution in [0.5, 0.6) is 0 Å². The second-order valence-electron chi connectivity index (χ2n) is 4.69. The molecule has 112 valence electrons. The van der Waals surface area contributed by atoms with Crippen LogP contribution in [0, 0.1) is 5.82 Å². The number of hydrogen-bond donors (Lipinski definition) is 2. The number of carbonyl (C=O) groups is 2. The molecule has 1 aromatic heterocycles. The van der Waals surface area contributed by atoms with Crippen molar-refractivity contribution < 1.29 is 19.1 Å². The summed E-state index contributed by atoms with van der Waals surface area (Å²) in [6.45, 7) is 0.331. The zero-order valence-corrected chi connectivity index (χ0v) is 11.6. The molecule has 0 bridgehead atoms. The van der Waals surface area contributed by atoms with Crippen LogP contribution in [-0.4, -0.2) is 33.1 Å². The van der Waals surface area contributed by atoms with Gasteiger partial charge in [0.1, 0.15) is 11.3 Å². The van der Waals surface area contributed by atoms with Crippen LogP contribution in [0.25, 0.3) is 11.0 Å². The molecule has 0 spiro atoms. The predicted molar refractivity (Wildman–Crippen MR) is 74.3 cm³/mol. The third-order valence-electron chi connectivity index (χ3n) is 3.19. The van der Waals surface area contributed by atoms with Crippen LogP contribution < -0.4 is 5.32 Å². The number of rotatable bonds is 6. The van der Waals surface area contributed by atoms with Gasteiger partial charge in [-0.3, -0.25) is 9.59 Å². The van der Waals surface area contributed by atoms with Gasteiger partial charge < -0.3 is 15.0 Å². The molecule has 6 nitrogen and oxygen atoms in total. The fraction of sp³-hybridized carbons (Fsp3) is 0.357. The number of aliphatic carboxylic acids is 1. The molecule has 0 fully saturated rings. The molecule has 7 heteroatoms. The topological polar surface area (TPSA) is 84.2 Å². The summed E-state index contributed by atoms with van der Waals surface area (Å²) in [6, 6.07) is 4.75. The fourth-order valence-corrected chi connectivity index (χ4v) is 2.07. The number of amides is 1. The number of aryl methyl sites for hydroxylation is 1. The number of para-hydroxylation sites is 1. The first-order valence-electron chi connectivity index (χ1n) is 6.57. The van der Waals surface area contributed by atoms with Gasteiger partial charge >= 0.3 is 5.97 Å². The summed E-state index contributed by atoms with van der Waals surface area (Å²) < 4.78 is 15.4. The van der Waals surface area contributed by atoms with E-state index in [4.69, 9.17) is 5.11 Å². The van der Waals surface area contributed by atoms with Crippen molar-refractivity contribution in [2.24, 2.45) is 7.05 Å². The summed E-state index contributed by atoms with van der Waals surface area (Å²) in [5.74, 6) is -1.04. The van der Waals surface area contributed by atoms with Crippen molar-refractivity contribution in [2.75, 3.05) is 6.54 Å². The van der Waals surface area contributed by atoms with Crippen molar-refractivity contribution in [3.63, 3.8) is 0 Å². The largest absolute Gasteiger partial charge is 0.481 e. The maximum atomic E-state index is 13.6. The molecule has 2 N–H and O–H groups in total. The molecule has 0 saturated carbocycles. The summed E-state index contributed by atoms with van der Waals surface area (Å²) in [6.07, 6.45) is 0.208. The number of nitrogens with zero attached hydrogens (tertiary/aromatic N) is 2. The van der Waals surface area contributed by atoms with Gasteiger partial charge in [-0.15, -0.1) is 0 Å². The number of halogens is 1. The third kappa shape index (κ3) is 3.56. The first-order valence-corrected chi connectivity index (χ1v) is 6.57. The third-order valence-corrected chi connectivity index (χ3v) is 3.19. The van der Waals surface area contributed by atoms with Crippen LogP contribution in [0.4, 0.5) is 4.39 Å². The van der Waals surface area contributed by atoms with Crippen LogP contribution in [0.1, 0.15) is 18.7 Å². The van der Waals surface area contributed by atoms with E-state index in [2.05, 4.69) is 10.3 Å². The van der Waals surface area contributed by atoms with Gasteiger partial charge in [-0.05, 0) is 12.1 Å². The highest BCUT2D eigenvalue weighted by Gasteiger charge is 2.11. The van der Waals surface area contributed by atoms with E-state index >= 15 is 0 Å². The second kappa shape index (κ2) is 6.34. The average Bonchev–Trinajstić information content (AvgIpc) is 2.76. The van der Waals surface area contributed by atoms with E-state index in [1.165, 1.54) is 6.07 Å². The van der Waals surface area contributed by atoms with E-state index in [0.717, 1.165) is 0 Å². The van der Waals surface area contributed by atoms with E-state index in [-0.39, 0.29) is 24.6 Å². The Bertz CT molecular complexity index is 681. The van der Waals surface area contributed by atoms with E-state index in [9.17, 15) is 14.0 Å². The van der Waals surface area contributed by atoms with Gasteiger partial charge in [0.25, 0.3) is 0 Å². The number of carbonyl (C=O) groups excluding carboxylic acids is 1. The highest BCUT2D eigenvalue weighted by molar-refractivity contribution is 5.80. The van der Waals surface area contributed by atoms with Gasteiger partial charge in [-0.25, -0.2) is 9.37 Å². The minimum Gasteiger partial charge on any atom is -0.481 e. The molecule has 2 rings (SSSR count). The van der Waals surface area contributed by atoms with Gasteiger partial charge in [0.05, 0.1) is 11.9 Å². The van der Waals surface area contributed by atoms with Crippen molar-refractivity contribution in [1.82, 2.24) is 14.9 Å². The molecular formula is C14H16FN3O3. The normalized spacial score (nSPS) is 10.8. The smallest absolute Gasteiger partial charge is 0.303 e. The van der Waals surface area contributed by atoms with Crippen molar-refractivity contribution in [3.8, 4) is 0 Å². The van der Waals surface area contributed by atoms with E-state index in [0.29, 0.717) is 29.8 Å². The molecule has 0 unspecified atom stereocenters. The lowest BCUT2D eigenvalue weighted by molar-refractivity contribution is -0.138. The average molecular weight is 293 g/mol. The Kier molecular flexibility index (Phi) is 4.52. The number of imidazole rings is 1. The Morgan fingerprint density at radius 2 is 2.14 bits per heavy atom. The molecule has 1 amide bonds. The number of hydrogen-bond acceptors (Lipinski definition) is 3. The van der Waals surface area contributed by atoms with Crippen LogP contribution >= 0.6 is 0 Å². The molecule has 0 aliphatic heterocycles. The van der Waals surface area contributed by atoms with E-state index in [1.807, 2.05) is 0 Å². The van der Waals surface area contributed by atoms with Crippen LogP contribution in [0.2, 0.25) is 0 Å². The van der Waals surface area contributed by atoms with Crippen molar-refractivity contribution in [3.05, 3.63) is 29.8 Å². The van der Waals surface area contributed by atoms with E-state index in [1.54, 1.807) is 23.7 Å². The van der Waals surface area contributed by atoms with Gasteiger partial charge in [0.15, 0.2) is 5.82 Å². The molecule has 1 aromatic carbocycles. The number of carboxylic acid groups (broad SMARTS) is 1. The van der Waals surface area contributed by atoms with Gasteiger partial charge in [-0.1, -0.05) is 6.07 Å². The second-order valence-corrected chi connectivity index (χ2v) is 4.69. The lowest BCUT2D eigenvalue weighted by Gasteiger charge is -2.04. The van der Waals surface area contributed by atoms with Crippen molar-refractivity contribution in [2.45, 2.75) is 19.3 Å². The summed E-state index contributed by atoms with van der Waals surface area (Å²) in [5, 5.41) is 11.1. The number of fused-ring (bicyclic) bond motifs is 1. The van der Waals surface area contributed by atoms with Crippen molar-refractivity contribution in [1.29, 1.82) is 0 Å². The molecule has 0 aliphatic rings. The Balaban J connectivity index is 1.95. The minimum atomic E-state index is -1.00. The molecule has 0 atom stereocenters. The molecule has 0 saturated heterocycles. The standard InChI is InChI=1S/C14H16FN3O3/c1-18-10-4-2-3-9(15)14(10)17-11(18)7-8-16-12(19)5-6-13(20)21/h2-4H,5-8H2,1H3,(H,16,19)(H,20,21). The van der Waals surface area contributed by atoms with Crippen LogP contribution in [-0.2, 0) is 23.1 Å². The van der Waals surface area contributed by atoms with Crippen LogP contribution in [0.3, 0.4) is 0 Å². The highest BCUT2D eigenvalue weighted by Crippen LogP contribution is 2.17. The molecular weight excluding hydrogens is 277 g/mol. The molecule has 0 radical (unpaired) electrons. The number of carboxylic acids is 1. The molecule has 0 aliphatic carbocycles. The monoisotopic (exact) mass is 293 g/mol. The highest BCUT2D eigenvalue weighted by atomic mass is 19.1. The SMILES string of the molecule is Cn1c(CCNC(=O)CCC(=O)O)nc2c(F)cccc21. The molecule has 1 heterocycles. The lowest BCUT2D eigenvalue weighted by Crippen LogP contribution is -2.26. The number of nitrogens with one attached hydrogen (secondary N) is 1. The van der Waals surface area contributed by atoms with Gasteiger partial charge in [0.2, 0.25) is 5.91 Å². The Labute approximate surface area is 120 Å². The predicted octanol–water partition coefficient (Wildman–Crippen LogP) is 1.24. The summed E-state index contributed by atoms with van der Waals surface area (Å²) >= 11 is 0. The zero-order valence-electron chi connectivity index (χ0n) is 11.6. The van der Waals surface area contributed by atoms with E-state index < -0.39 is 5.97 Å². The quantitative estimate of drug-likeness (QED) is 0.839. The number of benzene rings is 1. The Morgan fingerprint density at radius 1 is 1.38 bits per heavy atom. The summed E-state index contributed by atoms with van der Waals surface area (Å²) in [5.41, 5.74) is 1.01. The summed E-state index contributed by atoms with van der Waals surface area (Å²) in [7, 11) is 1.79. The Morgan fingerprint density at radius 3 is 2.81 bits per heavy atom. The first kappa shape index (κ1) is 15.0. The van der Waals surface area contributed by atoms with Crippen molar-refractivity contribution >= 4 is 22.9 Å². The fourth-order valence-electron chi connectivity index (χ4n) is 2.07. The zero-order chi connectivity index (χ0) is 15.4. The van der Waals surface area contributed by atoms with Crippen LogP contribution in [0.15, 0.2) is 18.2 Å². The van der Waals surface area contributed by atoms with Gasteiger partial charge in [-0.2, -0.15) is 0 Å². The lowest BCUT2D eigenvalue weighted by atomic mass is 10.3. The molecule has 21 heavy (non-hydrogen) atoms. The maximum Gasteiger partial charge on any atom is 0.303 e. The summed E-state index contributed by atoms with van der Waals surface area (Å²) in [4.78, 5) is 26.0.